The summed E-state index contributed by atoms with van der Waals surface area (Å²) >= 11 is 9.66. The monoisotopic (exact) mass is 415 g/mol. The van der Waals surface area contributed by atoms with Crippen molar-refractivity contribution < 1.29 is 14.3 Å². The van der Waals surface area contributed by atoms with Crippen LogP contribution in [0.5, 0.6) is 0 Å². The van der Waals surface area contributed by atoms with E-state index in [1.54, 1.807) is 6.07 Å². The Morgan fingerprint density at radius 3 is 2.76 bits per heavy atom. The molecule has 0 aliphatic rings. The second kappa shape index (κ2) is 5.86. The zero-order valence-electron chi connectivity index (χ0n) is 13.0. The minimum atomic E-state index is -1.06. The molecule has 4 nitrogen and oxygen atoms in total. The zero-order chi connectivity index (χ0) is 17.7. The molecule has 2 aromatic heterocycles. The maximum Gasteiger partial charge on any atom is 0.336 e. The molecule has 0 aliphatic carbocycles. The summed E-state index contributed by atoms with van der Waals surface area (Å²) in [5.74, 6) is -0.545. The summed E-state index contributed by atoms with van der Waals surface area (Å²) in [6.45, 7) is 1.87. The molecular weight excluding hydrogens is 406 g/mol. The zero-order valence-corrected chi connectivity index (χ0v) is 15.4. The molecular formula is C19H11BrClNO3. The number of benzene rings is 2. The summed E-state index contributed by atoms with van der Waals surface area (Å²) in [5, 5.41) is 11.3. The third kappa shape index (κ3) is 2.69. The van der Waals surface area contributed by atoms with Gasteiger partial charge in [0.15, 0.2) is 5.76 Å². The Morgan fingerprint density at radius 2 is 2.00 bits per heavy atom. The Hall–Kier alpha value is -2.37. The molecule has 1 N–H and O–H groups in total. The van der Waals surface area contributed by atoms with Crippen molar-refractivity contribution in [2.24, 2.45) is 0 Å². The number of rotatable bonds is 2. The summed E-state index contributed by atoms with van der Waals surface area (Å²) in [5.41, 5.74) is 2.68. The minimum Gasteiger partial charge on any atom is -0.478 e. The molecule has 0 amide bonds. The van der Waals surface area contributed by atoms with Crippen LogP contribution in [0.15, 0.2) is 51.4 Å². The third-order valence-corrected chi connectivity index (χ3v) is 4.88. The number of halogens is 2. The lowest BCUT2D eigenvalue weighted by atomic mass is 10.0. The normalized spacial score (nSPS) is 11.3. The average molecular weight is 417 g/mol. The van der Waals surface area contributed by atoms with Crippen molar-refractivity contribution >= 4 is 55.4 Å². The number of hydrogen-bond acceptors (Lipinski definition) is 3. The number of pyridine rings is 1. The number of nitrogens with zero attached hydrogens (tertiary/aromatic N) is 1. The number of carboxylic acids is 1. The first-order valence-corrected chi connectivity index (χ1v) is 8.64. The number of carbonyl (C=O) groups is 1. The van der Waals surface area contributed by atoms with E-state index in [9.17, 15) is 9.90 Å². The van der Waals surface area contributed by atoms with Crippen molar-refractivity contribution in [1.29, 1.82) is 0 Å². The molecule has 25 heavy (non-hydrogen) atoms. The van der Waals surface area contributed by atoms with E-state index in [4.69, 9.17) is 16.0 Å². The minimum absolute atomic E-state index is 0.107. The number of furan rings is 1. The highest BCUT2D eigenvalue weighted by Gasteiger charge is 2.18. The fourth-order valence-corrected chi connectivity index (χ4v) is 3.50. The van der Waals surface area contributed by atoms with Crippen molar-refractivity contribution in [3.05, 3.63) is 63.1 Å². The number of carboxylic acid groups (broad SMARTS) is 1. The van der Waals surface area contributed by atoms with E-state index in [1.165, 1.54) is 6.07 Å². The predicted octanol–water partition coefficient (Wildman–Crippen LogP) is 6.07. The number of fused-ring (bicyclic) bond motifs is 2. The fraction of sp³-hybridized carbons (Fsp3) is 0.0526. The van der Waals surface area contributed by atoms with E-state index in [2.05, 4.69) is 20.9 Å². The van der Waals surface area contributed by atoms with Gasteiger partial charge in [-0.05, 0) is 48.9 Å². The van der Waals surface area contributed by atoms with Crippen LogP contribution in [0.1, 0.15) is 15.9 Å². The standard InChI is InChI=1S/C19H11BrClNO3/c1-9-2-4-13(21)17-12(19(23)24)8-14(22-18(9)17)16-7-10-6-11(20)3-5-15(10)25-16/h2-8H,1H3,(H,23,24). The first-order valence-electron chi connectivity index (χ1n) is 7.46. The first-order chi connectivity index (χ1) is 11.9. The van der Waals surface area contributed by atoms with Crippen LogP contribution in [0.4, 0.5) is 0 Å². The summed E-state index contributed by atoms with van der Waals surface area (Å²) in [6, 6.07) is 12.5. The second-order valence-electron chi connectivity index (χ2n) is 5.74. The Labute approximate surface area is 156 Å². The molecule has 4 rings (SSSR count). The van der Waals surface area contributed by atoms with E-state index in [-0.39, 0.29) is 5.56 Å². The van der Waals surface area contributed by atoms with Crippen molar-refractivity contribution in [2.45, 2.75) is 6.92 Å². The van der Waals surface area contributed by atoms with Crippen LogP contribution in [-0.4, -0.2) is 16.1 Å². The molecule has 0 aliphatic heterocycles. The molecule has 2 aromatic carbocycles. The largest absolute Gasteiger partial charge is 0.478 e. The van der Waals surface area contributed by atoms with E-state index in [1.807, 2.05) is 37.3 Å². The molecule has 6 heteroatoms. The SMILES string of the molecule is Cc1ccc(Cl)c2c(C(=O)O)cc(-c3cc4cc(Br)ccc4o3)nc12. The van der Waals surface area contributed by atoms with Crippen molar-refractivity contribution in [3.8, 4) is 11.5 Å². The smallest absolute Gasteiger partial charge is 0.336 e. The summed E-state index contributed by atoms with van der Waals surface area (Å²) in [4.78, 5) is 16.4. The molecule has 0 atom stereocenters. The van der Waals surface area contributed by atoms with Gasteiger partial charge in [-0.2, -0.15) is 0 Å². The molecule has 0 saturated heterocycles. The molecule has 2 heterocycles. The maximum absolute atomic E-state index is 11.8. The van der Waals surface area contributed by atoms with Crippen molar-refractivity contribution in [3.63, 3.8) is 0 Å². The Balaban J connectivity index is 2.04. The number of aromatic nitrogens is 1. The van der Waals surface area contributed by atoms with Gasteiger partial charge >= 0.3 is 5.97 Å². The molecule has 0 unspecified atom stereocenters. The average Bonchev–Trinajstić information content (AvgIpc) is 3.00. The van der Waals surface area contributed by atoms with Crippen LogP contribution in [0.2, 0.25) is 5.02 Å². The molecule has 0 radical (unpaired) electrons. The van der Waals surface area contributed by atoms with Gasteiger partial charge in [0.2, 0.25) is 0 Å². The van der Waals surface area contributed by atoms with E-state index in [0.717, 1.165) is 15.4 Å². The molecule has 0 bridgehead atoms. The van der Waals surface area contributed by atoms with Crippen LogP contribution in [0.3, 0.4) is 0 Å². The molecule has 4 aromatic rings. The maximum atomic E-state index is 11.8. The Morgan fingerprint density at radius 1 is 1.20 bits per heavy atom. The van der Waals surface area contributed by atoms with Crippen LogP contribution >= 0.6 is 27.5 Å². The molecule has 0 saturated carbocycles. The van der Waals surface area contributed by atoms with E-state index < -0.39 is 5.97 Å². The van der Waals surface area contributed by atoms with Crippen molar-refractivity contribution in [2.75, 3.05) is 0 Å². The quantitative estimate of drug-likeness (QED) is 0.431. The number of aromatic carboxylic acids is 1. The lowest BCUT2D eigenvalue weighted by Gasteiger charge is -2.09. The van der Waals surface area contributed by atoms with E-state index in [0.29, 0.717) is 33.0 Å². The number of aryl methyl sites for hydroxylation is 1. The lowest BCUT2D eigenvalue weighted by Crippen LogP contribution is -2.01. The number of hydrogen-bond donors (Lipinski definition) is 1. The van der Waals surface area contributed by atoms with Gasteiger partial charge in [-0.15, -0.1) is 0 Å². The highest BCUT2D eigenvalue weighted by Crippen LogP contribution is 2.34. The lowest BCUT2D eigenvalue weighted by molar-refractivity contribution is 0.0699. The van der Waals surface area contributed by atoms with Gasteiger partial charge in [0.05, 0.1) is 16.1 Å². The third-order valence-electron chi connectivity index (χ3n) is 4.07. The van der Waals surface area contributed by atoms with Gasteiger partial charge < -0.3 is 9.52 Å². The first kappa shape index (κ1) is 16.1. The highest BCUT2D eigenvalue weighted by molar-refractivity contribution is 9.10. The molecule has 0 spiro atoms. The van der Waals surface area contributed by atoms with Gasteiger partial charge in [0, 0.05) is 15.2 Å². The molecule has 0 fully saturated rings. The predicted molar refractivity (Wildman–Crippen MR) is 101 cm³/mol. The Bertz CT molecular complexity index is 1170. The summed E-state index contributed by atoms with van der Waals surface area (Å²) < 4.78 is 6.79. The Kier molecular flexibility index (Phi) is 3.78. The summed E-state index contributed by atoms with van der Waals surface area (Å²) in [7, 11) is 0. The van der Waals surface area contributed by atoms with Gasteiger partial charge in [-0.3, -0.25) is 0 Å². The van der Waals surface area contributed by atoms with Crippen LogP contribution < -0.4 is 0 Å². The van der Waals surface area contributed by atoms with Crippen LogP contribution in [0.25, 0.3) is 33.3 Å². The molecule has 124 valence electrons. The second-order valence-corrected chi connectivity index (χ2v) is 7.06. The van der Waals surface area contributed by atoms with Crippen LogP contribution in [-0.2, 0) is 0 Å². The van der Waals surface area contributed by atoms with Gasteiger partial charge in [-0.1, -0.05) is 33.6 Å². The fourth-order valence-electron chi connectivity index (χ4n) is 2.87. The van der Waals surface area contributed by atoms with Gasteiger partial charge in [0.25, 0.3) is 0 Å². The summed E-state index contributed by atoms with van der Waals surface area (Å²) in [6.07, 6.45) is 0. The topological polar surface area (TPSA) is 63.3 Å². The van der Waals surface area contributed by atoms with Gasteiger partial charge in [0.1, 0.15) is 11.3 Å². The van der Waals surface area contributed by atoms with Gasteiger partial charge in [-0.25, -0.2) is 9.78 Å². The highest BCUT2D eigenvalue weighted by atomic mass is 79.9. The van der Waals surface area contributed by atoms with E-state index >= 15 is 0 Å². The van der Waals surface area contributed by atoms with Crippen LogP contribution in [0, 0.1) is 6.92 Å². The van der Waals surface area contributed by atoms with Crippen molar-refractivity contribution in [1.82, 2.24) is 4.98 Å².